The molecule has 166 valence electrons. The fourth-order valence-electron chi connectivity index (χ4n) is 5.07. The first-order chi connectivity index (χ1) is 14.7. The molecular weight excluding hydrogens is 384 g/mol. The lowest BCUT2D eigenvalue weighted by atomic mass is 9.91. The summed E-state index contributed by atoms with van der Waals surface area (Å²) in [4.78, 5) is 13.1. The van der Waals surface area contributed by atoms with Gasteiger partial charge in [0.2, 0.25) is 5.91 Å². The summed E-state index contributed by atoms with van der Waals surface area (Å²) >= 11 is 0. The molecule has 7 nitrogen and oxygen atoms in total. The van der Waals surface area contributed by atoms with Crippen molar-refractivity contribution in [2.45, 2.75) is 62.8 Å². The SMILES string of the molecule is COC[C@@H]1CCCN1N1C(=O)CCC[C@@H]1CC1(c2ccc(OC)cc2)OCCCO1. The van der Waals surface area contributed by atoms with Crippen molar-refractivity contribution in [1.29, 1.82) is 0 Å². The van der Waals surface area contributed by atoms with Crippen molar-refractivity contribution < 1.29 is 23.7 Å². The van der Waals surface area contributed by atoms with E-state index in [0.717, 1.165) is 50.0 Å². The minimum absolute atomic E-state index is 0.0453. The Bertz CT molecular complexity index is 704. The molecule has 0 N–H and O–H groups in total. The minimum Gasteiger partial charge on any atom is -0.497 e. The van der Waals surface area contributed by atoms with Crippen molar-refractivity contribution >= 4 is 5.91 Å². The van der Waals surface area contributed by atoms with Gasteiger partial charge in [-0.2, -0.15) is 0 Å². The molecule has 7 heteroatoms. The molecule has 3 aliphatic heterocycles. The normalized spacial score (nSPS) is 27.4. The number of hydrazine groups is 1. The number of rotatable bonds is 7. The number of carbonyl (C=O) groups excluding carboxylic acids is 1. The molecule has 3 heterocycles. The Balaban J connectivity index is 1.60. The summed E-state index contributed by atoms with van der Waals surface area (Å²) in [5, 5.41) is 4.27. The molecule has 1 amide bonds. The first kappa shape index (κ1) is 21.6. The first-order valence-electron chi connectivity index (χ1n) is 11.2. The van der Waals surface area contributed by atoms with Crippen LogP contribution in [0, 0.1) is 0 Å². The Labute approximate surface area is 179 Å². The van der Waals surface area contributed by atoms with E-state index >= 15 is 0 Å². The Morgan fingerprint density at radius 3 is 2.47 bits per heavy atom. The number of amides is 1. The highest BCUT2D eigenvalue weighted by molar-refractivity contribution is 5.76. The highest BCUT2D eigenvalue weighted by Gasteiger charge is 2.45. The molecule has 0 unspecified atom stereocenters. The van der Waals surface area contributed by atoms with Gasteiger partial charge in [-0.05, 0) is 56.4 Å². The molecule has 30 heavy (non-hydrogen) atoms. The van der Waals surface area contributed by atoms with Gasteiger partial charge in [-0.1, -0.05) is 0 Å². The van der Waals surface area contributed by atoms with E-state index in [2.05, 4.69) is 5.01 Å². The zero-order chi connectivity index (χ0) is 21.0. The van der Waals surface area contributed by atoms with Gasteiger partial charge in [-0.3, -0.25) is 9.80 Å². The molecule has 4 rings (SSSR count). The highest BCUT2D eigenvalue weighted by Crippen LogP contribution is 2.40. The number of piperidine rings is 1. The van der Waals surface area contributed by atoms with Crippen molar-refractivity contribution in [3.8, 4) is 5.75 Å². The highest BCUT2D eigenvalue weighted by atomic mass is 16.7. The third-order valence-corrected chi connectivity index (χ3v) is 6.50. The van der Waals surface area contributed by atoms with E-state index in [1.54, 1.807) is 14.2 Å². The molecule has 1 aromatic rings. The fraction of sp³-hybridized carbons (Fsp3) is 0.696. The first-order valence-corrected chi connectivity index (χ1v) is 11.2. The van der Waals surface area contributed by atoms with Gasteiger partial charge in [-0.25, -0.2) is 5.01 Å². The van der Waals surface area contributed by atoms with Crippen molar-refractivity contribution in [2.75, 3.05) is 40.6 Å². The molecule has 3 fully saturated rings. The lowest BCUT2D eigenvalue weighted by molar-refractivity contribution is -0.289. The van der Waals surface area contributed by atoms with Crippen LogP contribution < -0.4 is 4.74 Å². The second kappa shape index (κ2) is 9.64. The Morgan fingerprint density at radius 1 is 1.03 bits per heavy atom. The zero-order valence-corrected chi connectivity index (χ0v) is 18.2. The topological polar surface area (TPSA) is 60.5 Å². The maximum atomic E-state index is 13.1. The molecule has 0 aliphatic carbocycles. The van der Waals surface area contributed by atoms with E-state index in [4.69, 9.17) is 18.9 Å². The molecule has 0 bridgehead atoms. The molecule has 0 spiro atoms. The van der Waals surface area contributed by atoms with Crippen LogP contribution in [0.4, 0.5) is 0 Å². The third-order valence-electron chi connectivity index (χ3n) is 6.50. The van der Waals surface area contributed by atoms with Crippen LogP contribution in [-0.2, 0) is 24.8 Å². The van der Waals surface area contributed by atoms with Crippen LogP contribution in [0.2, 0.25) is 0 Å². The van der Waals surface area contributed by atoms with E-state index in [1.807, 2.05) is 29.3 Å². The predicted molar refractivity (Wildman–Crippen MR) is 112 cm³/mol. The summed E-state index contributed by atoms with van der Waals surface area (Å²) in [5.41, 5.74) is 0.982. The van der Waals surface area contributed by atoms with Crippen LogP contribution in [0.3, 0.4) is 0 Å². The van der Waals surface area contributed by atoms with E-state index in [0.29, 0.717) is 32.7 Å². The smallest absolute Gasteiger partial charge is 0.237 e. The molecule has 3 saturated heterocycles. The zero-order valence-electron chi connectivity index (χ0n) is 18.2. The van der Waals surface area contributed by atoms with Crippen molar-refractivity contribution in [2.24, 2.45) is 0 Å². The van der Waals surface area contributed by atoms with E-state index in [1.165, 1.54) is 0 Å². The lowest BCUT2D eigenvalue weighted by Crippen LogP contribution is -2.58. The molecular formula is C23H34N2O5. The second-order valence-electron chi connectivity index (χ2n) is 8.43. The largest absolute Gasteiger partial charge is 0.497 e. The monoisotopic (exact) mass is 418 g/mol. The molecule has 0 saturated carbocycles. The average molecular weight is 419 g/mol. The van der Waals surface area contributed by atoms with Crippen molar-refractivity contribution in [3.05, 3.63) is 29.8 Å². The van der Waals surface area contributed by atoms with Gasteiger partial charge in [0, 0.05) is 32.1 Å². The van der Waals surface area contributed by atoms with Crippen LogP contribution in [0.1, 0.15) is 50.5 Å². The van der Waals surface area contributed by atoms with Gasteiger partial charge < -0.3 is 18.9 Å². The fourth-order valence-corrected chi connectivity index (χ4v) is 5.07. The maximum absolute atomic E-state index is 13.1. The summed E-state index contributed by atoms with van der Waals surface area (Å²) in [7, 11) is 3.39. The Hall–Kier alpha value is -1.67. The van der Waals surface area contributed by atoms with E-state index in [-0.39, 0.29) is 18.0 Å². The van der Waals surface area contributed by atoms with Crippen LogP contribution >= 0.6 is 0 Å². The van der Waals surface area contributed by atoms with Crippen LogP contribution in [-0.4, -0.2) is 68.6 Å². The van der Waals surface area contributed by atoms with Gasteiger partial charge >= 0.3 is 0 Å². The van der Waals surface area contributed by atoms with Gasteiger partial charge in [-0.15, -0.1) is 0 Å². The number of methoxy groups -OCH3 is 2. The molecule has 1 aromatic carbocycles. The number of hydrogen-bond acceptors (Lipinski definition) is 6. The standard InChI is InChI=1S/C23H34N2O5/c1-27-17-20-7-4-13-24(20)25-19(6-3-8-22(25)26)16-23(29-14-5-15-30-23)18-9-11-21(28-2)12-10-18/h9-12,19-20H,3-8,13-17H2,1-2H3/t19-,20+/m1/s1. The van der Waals surface area contributed by atoms with Crippen LogP contribution in [0.15, 0.2) is 24.3 Å². The quantitative estimate of drug-likeness (QED) is 0.678. The van der Waals surface area contributed by atoms with Crippen LogP contribution in [0.5, 0.6) is 5.75 Å². The van der Waals surface area contributed by atoms with E-state index in [9.17, 15) is 4.79 Å². The van der Waals surface area contributed by atoms with Crippen LogP contribution in [0.25, 0.3) is 0 Å². The summed E-state index contributed by atoms with van der Waals surface area (Å²) in [6.07, 6.45) is 6.11. The number of nitrogens with zero attached hydrogens (tertiary/aromatic N) is 2. The van der Waals surface area contributed by atoms with E-state index < -0.39 is 5.79 Å². The number of carbonyl (C=O) groups is 1. The Morgan fingerprint density at radius 2 is 1.77 bits per heavy atom. The third kappa shape index (κ3) is 4.35. The molecule has 3 aliphatic rings. The molecule has 0 radical (unpaired) electrons. The molecule has 0 aromatic heterocycles. The predicted octanol–water partition coefficient (Wildman–Crippen LogP) is 3.08. The summed E-state index contributed by atoms with van der Waals surface area (Å²) in [6, 6.07) is 8.22. The second-order valence-corrected chi connectivity index (χ2v) is 8.43. The number of ether oxygens (including phenoxy) is 4. The number of benzene rings is 1. The summed E-state index contributed by atoms with van der Waals surface area (Å²) in [6.45, 7) is 2.85. The summed E-state index contributed by atoms with van der Waals surface area (Å²) in [5.74, 6) is 0.176. The average Bonchev–Trinajstić information content (AvgIpc) is 3.22. The van der Waals surface area contributed by atoms with Gasteiger partial charge in [0.15, 0.2) is 5.79 Å². The number of hydrogen-bond donors (Lipinski definition) is 0. The molecule has 2 atom stereocenters. The van der Waals surface area contributed by atoms with Gasteiger partial charge in [0.05, 0.1) is 39.0 Å². The van der Waals surface area contributed by atoms with Gasteiger partial charge in [0.1, 0.15) is 5.75 Å². The summed E-state index contributed by atoms with van der Waals surface area (Å²) < 4.78 is 23.4. The Kier molecular flexibility index (Phi) is 6.93. The van der Waals surface area contributed by atoms with Crippen molar-refractivity contribution in [3.63, 3.8) is 0 Å². The maximum Gasteiger partial charge on any atom is 0.237 e. The van der Waals surface area contributed by atoms with Gasteiger partial charge in [0.25, 0.3) is 0 Å². The lowest BCUT2D eigenvalue weighted by Gasteiger charge is -2.47. The minimum atomic E-state index is -0.832. The van der Waals surface area contributed by atoms with Crippen molar-refractivity contribution in [1.82, 2.24) is 10.0 Å².